The number of primary amides is 1. The zero-order chi connectivity index (χ0) is 14.8. The first-order chi connectivity index (χ1) is 10.1. The predicted molar refractivity (Wildman–Crippen MR) is 80.0 cm³/mol. The van der Waals surface area contributed by atoms with Crippen LogP contribution in [0.4, 0.5) is 0 Å². The summed E-state index contributed by atoms with van der Waals surface area (Å²) in [6, 6.07) is 17.4. The van der Waals surface area contributed by atoms with Crippen molar-refractivity contribution >= 4 is 5.91 Å². The van der Waals surface area contributed by atoms with E-state index in [1.54, 1.807) is 4.68 Å². The second kappa shape index (κ2) is 5.20. The van der Waals surface area contributed by atoms with Gasteiger partial charge < -0.3 is 5.73 Å². The lowest BCUT2D eigenvalue weighted by Crippen LogP contribution is -2.13. The first-order valence-electron chi connectivity index (χ1n) is 6.54. The molecular formula is C16H14N4O. The molecule has 0 aliphatic heterocycles. The van der Waals surface area contributed by atoms with Crippen LogP contribution in [-0.4, -0.2) is 20.7 Å². The first-order valence-corrected chi connectivity index (χ1v) is 6.54. The molecule has 5 heteroatoms. The quantitative estimate of drug-likeness (QED) is 0.799. The SMILES string of the molecule is Cc1ccc(-c2nc(C(N)=O)nn2-c2ccccc2)cc1. The fourth-order valence-corrected chi connectivity index (χ4v) is 2.06. The molecule has 0 saturated carbocycles. The third-order valence-corrected chi connectivity index (χ3v) is 3.14. The predicted octanol–water partition coefficient (Wildman–Crippen LogP) is 2.34. The summed E-state index contributed by atoms with van der Waals surface area (Å²) in [6.07, 6.45) is 0. The Morgan fingerprint density at radius 3 is 2.33 bits per heavy atom. The minimum Gasteiger partial charge on any atom is -0.363 e. The van der Waals surface area contributed by atoms with Crippen molar-refractivity contribution in [2.75, 3.05) is 0 Å². The van der Waals surface area contributed by atoms with Crippen molar-refractivity contribution in [1.29, 1.82) is 0 Å². The maximum atomic E-state index is 11.4. The van der Waals surface area contributed by atoms with Gasteiger partial charge in [0.25, 0.3) is 5.91 Å². The monoisotopic (exact) mass is 278 g/mol. The average molecular weight is 278 g/mol. The van der Waals surface area contributed by atoms with Gasteiger partial charge in [-0.25, -0.2) is 9.67 Å². The van der Waals surface area contributed by atoms with Crippen molar-refractivity contribution < 1.29 is 4.79 Å². The van der Waals surface area contributed by atoms with E-state index >= 15 is 0 Å². The fraction of sp³-hybridized carbons (Fsp3) is 0.0625. The molecule has 1 heterocycles. The average Bonchev–Trinajstić information content (AvgIpc) is 2.94. The standard InChI is InChI=1S/C16H14N4O/c1-11-7-9-12(10-8-11)16-18-15(14(17)21)19-20(16)13-5-3-2-4-6-13/h2-10H,1H3,(H2,17,21). The zero-order valence-electron chi connectivity index (χ0n) is 11.5. The number of carbonyl (C=O) groups excluding carboxylic acids is 1. The number of hydrogen-bond acceptors (Lipinski definition) is 3. The van der Waals surface area contributed by atoms with Crippen LogP contribution in [0.15, 0.2) is 54.6 Å². The highest BCUT2D eigenvalue weighted by Gasteiger charge is 2.16. The number of aromatic nitrogens is 3. The molecule has 2 N–H and O–H groups in total. The van der Waals surface area contributed by atoms with E-state index < -0.39 is 5.91 Å². The number of rotatable bonds is 3. The molecule has 1 aromatic heterocycles. The van der Waals surface area contributed by atoms with E-state index in [1.807, 2.05) is 61.5 Å². The lowest BCUT2D eigenvalue weighted by atomic mass is 10.1. The Bertz CT molecular complexity index is 776. The third kappa shape index (κ3) is 2.53. The Kier molecular flexibility index (Phi) is 3.23. The van der Waals surface area contributed by atoms with Gasteiger partial charge in [0.2, 0.25) is 5.82 Å². The summed E-state index contributed by atoms with van der Waals surface area (Å²) in [4.78, 5) is 15.6. The number of amides is 1. The largest absolute Gasteiger partial charge is 0.363 e. The van der Waals surface area contributed by atoms with Gasteiger partial charge in [-0.2, -0.15) is 0 Å². The number of nitrogens with two attached hydrogens (primary N) is 1. The highest BCUT2D eigenvalue weighted by molar-refractivity contribution is 5.89. The summed E-state index contributed by atoms with van der Waals surface area (Å²) in [6.45, 7) is 2.01. The van der Waals surface area contributed by atoms with Crippen LogP contribution in [0.25, 0.3) is 17.1 Å². The Morgan fingerprint density at radius 1 is 1.05 bits per heavy atom. The second-order valence-corrected chi connectivity index (χ2v) is 4.74. The Labute approximate surface area is 122 Å². The van der Waals surface area contributed by atoms with E-state index in [1.165, 1.54) is 0 Å². The molecule has 5 nitrogen and oxygen atoms in total. The molecule has 104 valence electrons. The van der Waals surface area contributed by atoms with Crippen LogP contribution in [0.3, 0.4) is 0 Å². The molecular weight excluding hydrogens is 264 g/mol. The molecule has 1 amide bonds. The Morgan fingerprint density at radius 2 is 1.71 bits per heavy atom. The van der Waals surface area contributed by atoms with Gasteiger partial charge in [0.1, 0.15) is 0 Å². The molecule has 0 saturated heterocycles. The second-order valence-electron chi connectivity index (χ2n) is 4.74. The van der Waals surface area contributed by atoms with Gasteiger partial charge in [-0.15, -0.1) is 5.10 Å². The zero-order valence-corrected chi connectivity index (χ0v) is 11.5. The van der Waals surface area contributed by atoms with E-state index in [2.05, 4.69) is 10.1 Å². The number of hydrogen-bond donors (Lipinski definition) is 1. The summed E-state index contributed by atoms with van der Waals surface area (Å²) in [5, 5.41) is 4.21. The third-order valence-electron chi connectivity index (χ3n) is 3.14. The lowest BCUT2D eigenvalue weighted by molar-refractivity contribution is 0.0990. The number of benzene rings is 2. The van der Waals surface area contributed by atoms with Crippen LogP contribution in [-0.2, 0) is 0 Å². The Hall–Kier alpha value is -2.95. The molecule has 0 radical (unpaired) electrons. The summed E-state index contributed by atoms with van der Waals surface area (Å²) < 4.78 is 1.63. The van der Waals surface area contributed by atoms with Gasteiger partial charge in [-0.1, -0.05) is 48.0 Å². The topological polar surface area (TPSA) is 73.8 Å². The summed E-state index contributed by atoms with van der Waals surface area (Å²) in [5.41, 5.74) is 8.16. The summed E-state index contributed by atoms with van der Waals surface area (Å²) >= 11 is 0. The van der Waals surface area contributed by atoms with Crippen molar-refractivity contribution in [3.8, 4) is 17.1 Å². The van der Waals surface area contributed by atoms with Crippen molar-refractivity contribution in [2.24, 2.45) is 5.73 Å². The minimum absolute atomic E-state index is 0.00873. The highest BCUT2D eigenvalue weighted by Crippen LogP contribution is 2.21. The van der Waals surface area contributed by atoms with Gasteiger partial charge in [0.05, 0.1) is 5.69 Å². The van der Waals surface area contributed by atoms with Crippen LogP contribution < -0.4 is 5.73 Å². The first kappa shape index (κ1) is 13.1. The molecule has 0 fully saturated rings. The van der Waals surface area contributed by atoms with Gasteiger partial charge in [0, 0.05) is 5.56 Å². The van der Waals surface area contributed by atoms with E-state index in [-0.39, 0.29) is 5.82 Å². The highest BCUT2D eigenvalue weighted by atomic mass is 16.1. The molecule has 0 aliphatic carbocycles. The molecule has 3 rings (SSSR count). The summed E-state index contributed by atoms with van der Waals surface area (Å²) in [7, 11) is 0. The lowest BCUT2D eigenvalue weighted by Gasteiger charge is -2.05. The number of carbonyl (C=O) groups is 1. The van der Waals surface area contributed by atoms with Crippen molar-refractivity contribution in [3.63, 3.8) is 0 Å². The molecule has 0 unspecified atom stereocenters. The molecule has 0 aliphatic rings. The fourth-order valence-electron chi connectivity index (χ4n) is 2.06. The van der Waals surface area contributed by atoms with E-state index in [9.17, 15) is 4.79 Å². The van der Waals surface area contributed by atoms with Crippen LogP contribution in [0.2, 0.25) is 0 Å². The van der Waals surface area contributed by atoms with E-state index in [0.29, 0.717) is 5.82 Å². The number of para-hydroxylation sites is 1. The normalized spacial score (nSPS) is 10.5. The maximum Gasteiger partial charge on any atom is 0.288 e. The maximum absolute atomic E-state index is 11.4. The van der Waals surface area contributed by atoms with Crippen LogP contribution >= 0.6 is 0 Å². The van der Waals surface area contributed by atoms with E-state index in [0.717, 1.165) is 16.8 Å². The van der Waals surface area contributed by atoms with Crippen LogP contribution in [0, 0.1) is 6.92 Å². The minimum atomic E-state index is -0.641. The molecule has 0 spiro atoms. The molecule has 0 atom stereocenters. The van der Waals surface area contributed by atoms with Gasteiger partial charge in [-0.05, 0) is 19.1 Å². The van der Waals surface area contributed by atoms with E-state index in [4.69, 9.17) is 5.73 Å². The van der Waals surface area contributed by atoms with Gasteiger partial charge >= 0.3 is 0 Å². The van der Waals surface area contributed by atoms with Crippen molar-refractivity contribution in [3.05, 3.63) is 66.0 Å². The smallest absolute Gasteiger partial charge is 0.288 e. The number of aryl methyl sites for hydroxylation is 1. The van der Waals surface area contributed by atoms with Gasteiger partial charge in [0.15, 0.2) is 5.82 Å². The van der Waals surface area contributed by atoms with Crippen LogP contribution in [0.5, 0.6) is 0 Å². The van der Waals surface area contributed by atoms with Crippen molar-refractivity contribution in [2.45, 2.75) is 6.92 Å². The molecule has 0 bridgehead atoms. The van der Waals surface area contributed by atoms with Crippen LogP contribution in [0.1, 0.15) is 16.2 Å². The molecule has 3 aromatic rings. The van der Waals surface area contributed by atoms with Gasteiger partial charge in [-0.3, -0.25) is 4.79 Å². The Balaban J connectivity index is 2.19. The molecule has 2 aromatic carbocycles. The molecule has 21 heavy (non-hydrogen) atoms. The number of nitrogens with zero attached hydrogens (tertiary/aromatic N) is 3. The van der Waals surface area contributed by atoms with Crippen molar-refractivity contribution in [1.82, 2.24) is 14.8 Å². The summed E-state index contributed by atoms with van der Waals surface area (Å²) in [5.74, 6) is -0.0394.